The van der Waals surface area contributed by atoms with Gasteiger partial charge in [-0.2, -0.15) is 0 Å². The molecule has 0 amide bonds. The molecule has 0 radical (unpaired) electrons. The number of thiocarbonyl (C=S) groups is 1. The molecule has 26 heavy (non-hydrogen) atoms. The number of hydrogen-bond acceptors (Lipinski definition) is 6. The van der Waals surface area contributed by atoms with E-state index in [0.717, 1.165) is 44.2 Å². The summed E-state index contributed by atoms with van der Waals surface area (Å²) in [6.07, 6.45) is 0. The van der Waals surface area contributed by atoms with Crippen molar-refractivity contribution < 1.29 is 9.45 Å². The SMILES string of the molecule is Cc1cc(CN2CCN(C(=S)Nc3cc([N+](=O)[O-])ccc3Cl)CC2)no1. The molecule has 10 heteroatoms. The summed E-state index contributed by atoms with van der Waals surface area (Å²) in [7, 11) is 0. The van der Waals surface area contributed by atoms with Crippen LogP contribution in [0.5, 0.6) is 0 Å². The number of nitro benzene ring substituents is 1. The van der Waals surface area contributed by atoms with Gasteiger partial charge in [0.1, 0.15) is 5.76 Å². The van der Waals surface area contributed by atoms with Crippen molar-refractivity contribution in [1.82, 2.24) is 15.0 Å². The monoisotopic (exact) mass is 395 g/mol. The molecule has 1 aliphatic rings. The Balaban J connectivity index is 1.55. The second-order valence-electron chi connectivity index (χ2n) is 6.04. The zero-order valence-electron chi connectivity index (χ0n) is 14.1. The third-order valence-electron chi connectivity index (χ3n) is 4.12. The lowest BCUT2D eigenvalue weighted by Gasteiger charge is -2.35. The Morgan fingerprint density at radius 3 is 2.73 bits per heavy atom. The lowest BCUT2D eigenvalue weighted by molar-refractivity contribution is -0.384. The first-order valence-electron chi connectivity index (χ1n) is 8.07. The highest BCUT2D eigenvalue weighted by atomic mass is 35.5. The van der Waals surface area contributed by atoms with Crippen molar-refractivity contribution in [1.29, 1.82) is 0 Å². The maximum Gasteiger partial charge on any atom is 0.271 e. The number of anilines is 1. The van der Waals surface area contributed by atoms with E-state index in [0.29, 0.717) is 15.8 Å². The quantitative estimate of drug-likeness (QED) is 0.480. The Bertz CT molecular complexity index is 820. The van der Waals surface area contributed by atoms with Crippen molar-refractivity contribution >= 4 is 40.3 Å². The fourth-order valence-corrected chi connectivity index (χ4v) is 3.20. The number of hydrogen-bond donors (Lipinski definition) is 1. The number of benzene rings is 1. The molecular weight excluding hydrogens is 378 g/mol. The van der Waals surface area contributed by atoms with Crippen molar-refractivity contribution in [3.8, 4) is 0 Å². The predicted octanol–water partition coefficient (Wildman–Crippen LogP) is 3.06. The highest BCUT2D eigenvalue weighted by Gasteiger charge is 2.21. The number of aryl methyl sites for hydroxylation is 1. The summed E-state index contributed by atoms with van der Waals surface area (Å²) in [6.45, 7) is 5.76. The lowest BCUT2D eigenvalue weighted by Crippen LogP contribution is -2.49. The molecule has 1 aliphatic heterocycles. The van der Waals surface area contributed by atoms with Crippen molar-refractivity contribution in [2.45, 2.75) is 13.5 Å². The molecule has 1 fully saturated rings. The minimum Gasteiger partial charge on any atom is -0.361 e. The van der Waals surface area contributed by atoms with Gasteiger partial charge in [0.2, 0.25) is 0 Å². The Kier molecular flexibility index (Phi) is 5.70. The summed E-state index contributed by atoms with van der Waals surface area (Å²) in [5.74, 6) is 0.804. The number of halogens is 1. The van der Waals surface area contributed by atoms with Crippen LogP contribution in [0.25, 0.3) is 0 Å². The average Bonchev–Trinajstić information content (AvgIpc) is 3.02. The molecule has 0 bridgehead atoms. The van der Waals surface area contributed by atoms with Crippen molar-refractivity contribution in [2.24, 2.45) is 0 Å². The molecule has 1 aromatic carbocycles. The van der Waals surface area contributed by atoms with E-state index < -0.39 is 4.92 Å². The number of nitrogens with zero attached hydrogens (tertiary/aromatic N) is 4. The standard InChI is InChI=1S/C16H18ClN5O3S/c1-11-8-12(19-25-11)10-20-4-6-21(7-5-20)16(26)18-15-9-13(22(23)24)2-3-14(15)17/h2-3,8-9H,4-7,10H2,1H3,(H,18,26). The molecular formula is C16H18ClN5O3S. The smallest absolute Gasteiger partial charge is 0.271 e. The third-order valence-corrected chi connectivity index (χ3v) is 4.81. The molecule has 138 valence electrons. The Morgan fingerprint density at radius 2 is 2.12 bits per heavy atom. The molecule has 2 heterocycles. The van der Waals surface area contributed by atoms with Crippen LogP contribution in [0.2, 0.25) is 5.02 Å². The molecule has 0 atom stereocenters. The van der Waals surface area contributed by atoms with Gasteiger partial charge in [0, 0.05) is 50.9 Å². The van der Waals surface area contributed by atoms with Gasteiger partial charge in [0.25, 0.3) is 5.69 Å². The van der Waals surface area contributed by atoms with E-state index in [4.69, 9.17) is 28.3 Å². The Morgan fingerprint density at radius 1 is 1.38 bits per heavy atom. The van der Waals surface area contributed by atoms with Crippen LogP contribution in [0.3, 0.4) is 0 Å². The zero-order valence-corrected chi connectivity index (χ0v) is 15.7. The summed E-state index contributed by atoms with van der Waals surface area (Å²) in [6, 6.07) is 6.17. The van der Waals surface area contributed by atoms with Gasteiger partial charge in [-0.3, -0.25) is 15.0 Å². The van der Waals surface area contributed by atoms with Gasteiger partial charge in [0.05, 0.1) is 21.3 Å². The van der Waals surface area contributed by atoms with E-state index in [1.165, 1.54) is 18.2 Å². The average molecular weight is 396 g/mol. The Labute approximate surface area is 160 Å². The van der Waals surface area contributed by atoms with Crippen LogP contribution >= 0.6 is 23.8 Å². The van der Waals surface area contributed by atoms with Crippen LogP contribution in [-0.4, -0.2) is 51.2 Å². The number of aromatic nitrogens is 1. The minimum absolute atomic E-state index is 0.0348. The van der Waals surface area contributed by atoms with Crippen LogP contribution in [0, 0.1) is 17.0 Å². The molecule has 2 aromatic rings. The maximum atomic E-state index is 10.9. The molecule has 8 nitrogen and oxygen atoms in total. The van der Waals surface area contributed by atoms with E-state index in [-0.39, 0.29) is 5.69 Å². The molecule has 1 saturated heterocycles. The van der Waals surface area contributed by atoms with Gasteiger partial charge < -0.3 is 14.7 Å². The molecule has 0 spiro atoms. The first-order chi connectivity index (χ1) is 12.4. The topological polar surface area (TPSA) is 87.7 Å². The fraction of sp³-hybridized carbons (Fsp3) is 0.375. The molecule has 0 unspecified atom stereocenters. The van der Waals surface area contributed by atoms with E-state index in [2.05, 4.69) is 15.4 Å². The first kappa shape index (κ1) is 18.6. The zero-order chi connectivity index (χ0) is 18.7. The van der Waals surface area contributed by atoms with Gasteiger partial charge in [-0.25, -0.2) is 0 Å². The number of nitrogens with one attached hydrogen (secondary N) is 1. The lowest BCUT2D eigenvalue weighted by atomic mass is 10.2. The highest BCUT2D eigenvalue weighted by Crippen LogP contribution is 2.27. The van der Waals surface area contributed by atoms with Gasteiger partial charge >= 0.3 is 0 Å². The van der Waals surface area contributed by atoms with Crippen LogP contribution in [-0.2, 0) is 6.54 Å². The van der Waals surface area contributed by atoms with Gasteiger partial charge in [-0.15, -0.1) is 0 Å². The highest BCUT2D eigenvalue weighted by molar-refractivity contribution is 7.80. The summed E-state index contributed by atoms with van der Waals surface area (Å²) in [4.78, 5) is 14.7. The number of non-ortho nitro benzene ring substituents is 1. The number of piperazine rings is 1. The fourth-order valence-electron chi connectivity index (χ4n) is 2.75. The second-order valence-corrected chi connectivity index (χ2v) is 6.84. The third kappa shape index (κ3) is 4.48. The molecule has 1 N–H and O–H groups in total. The van der Waals surface area contributed by atoms with Crippen LogP contribution in [0.1, 0.15) is 11.5 Å². The molecule has 0 aliphatic carbocycles. The van der Waals surface area contributed by atoms with Gasteiger partial charge in [-0.05, 0) is 25.2 Å². The number of nitro groups is 1. The molecule has 1 aromatic heterocycles. The normalized spacial score (nSPS) is 15.1. The van der Waals surface area contributed by atoms with Gasteiger partial charge in [0.15, 0.2) is 5.11 Å². The van der Waals surface area contributed by atoms with Crippen LogP contribution in [0.4, 0.5) is 11.4 Å². The predicted molar refractivity (Wildman–Crippen MR) is 102 cm³/mol. The van der Waals surface area contributed by atoms with Crippen LogP contribution < -0.4 is 5.32 Å². The van der Waals surface area contributed by atoms with Crippen LogP contribution in [0.15, 0.2) is 28.8 Å². The minimum atomic E-state index is -0.463. The second kappa shape index (κ2) is 7.98. The molecule has 3 rings (SSSR count). The largest absolute Gasteiger partial charge is 0.361 e. The van der Waals surface area contributed by atoms with E-state index in [1.807, 2.05) is 17.9 Å². The van der Waals surface area contributed by atoms with E-state index in [1.54, 1.807) is 0 Å². The van der Waals surface area contributed by atoms with Gasteiger partial charge in [-0.1, -0.05) is 16.8 Å². The van der Waals surface area contributed by atoms with Crippen molar-refractivity contribution in [3.05, 3.63) is 50.9 Å². The maximum absolute atomic E-state index is 10.9. The first-order valence-corrected chi connectivity index (χ1v) is 8.85. The number of rotatable bonds is 4. The Hall–Kier alpha value is -2.23. The van der Waals surface area contributed by atoms with Crippen molar-refractivity contribution in [3.63, 3.8) is 0 Å². The van der Waals surface area contributed by atoms with E-state index >= 15 is 0 Å². The van der Waals surface area contributed by atoms with Crippen molar-refractivity contribution in [2.75, 3.05) is 31.5 Å². The summed E-state index contributed by atoms with van der Waals surface area (Å²) >= 11 is 11.5. The summed E-state index contributed by atoms with van der Waals surface area (Å²) in [5, 5.41) is 18.8. The summed E-state index contributed by atoms with van der Waals surface area (Å²) in [5.41, 5.74) is 1.32. The molecule has 0 saturated carbocycles. The van der Waals surface area contributed by atoms with E-state index in [9.17, 15) is 10.1 Å². The summed E-state index contributed by atoms with van der Waals surface area (Å²) < 4.78 is 5.09.